The Morgan fingerprint density at radius 1 is 0.960 bits per heavy atom. The van der Waals surface area contributed by atoms with Crippen molar-refractivity contribution in [2.24, 2.45) is 5.41 Å². The van der Waals surface area contributed by atoms with Crippen molar-refractivity contribution in [3.8, 4) is 0 Å². The first-order chi connectivity index (χ1) is 11.7. The van der Waals surface area contributed by atoms with E-state index in [2.05, 4.69) is 10.6 Å². The van der Waals surface area contributed by atoms with Gasteiger partial charge in [-0.05, 0) is 24.3 Å². The molecule has 1 aliphatic rings. The monoisotopic (exact) mass is 345 g/mol. The lowest BCUT2D eigenvalue weighted by Gasteiger charge is -2.17. The Morgan fingerprint density at radius 2 is 1.44 bits per heavy atom. The molecule has 2 N–H and O–H groups in total. The van der Waals surface area contributed by atoms with E-state index in [1.807, 2.05) is 20.8 Å². The van der Waals surface area contributed by atoms with Crippen molar-refractivity contribution in [2.75, 3.05) is 17.2 Å². The van der Waals surface area contributed by atoms with E-state index in [0.29, 0.717) is 11.4 Å². The Morgan fingerprint density at radius 3 is 1.92 bits per heavy atom. The molecule has 0 saturated carbocycles. The number of rotatable bonds is 5. The predicted molar refractivity (Wildman–Crippen MR) is 93.7 cm³/mol. The van der Waals surface area contributed by atoms with Gasteiger partial charge in [0.2, 0.25) is 23.6 Å². The van der Waals surface area contributed by atoms with E-state index in [0.717, 1.165) is 4.90 Å². The standard InChI is InChI=1S/C18H23N3O4/c1-18(2,3)17(25)20-13-6-4-12(5-7-13)19-14(22)10-11-21-15(23)8-9-16(21)24/h4-7H,8-11H2,1-3H3,(H,19,22)(H,20,25). The molecule has 2 rings (SSSR count). The summed E-state index contributed by atoms with van der Waals surface area (Å²) in [6, 6.07) is 6.77. The molecule has 0 unspecified atom stereocenters. The van der Waals surface area contributed by atoms with E-state index in [4.69, 9.17) is 0 Å². The van der Waals surface area contributed by atoms with E-state index >= 15 is 0 Å². The van der Waals surface area contributed by atoms with E-state index in [-0.39, 0.29) is 49.4 Å². The second-order valence-electron chi connectivity index (χ2n) is 7.02. The van der Waals surface area contributed by atoms with E-state index < -0.39 is 5.41 Å². The Bertz CT molecular complexity index is 673. The van der Waals surface area contributed by atoms with Crippen molar-refractivity contribution in [1.82, 2.24) is 4.90 Å². The fourth-order valence-corrected chi connectivity index (χ4v) is 2.26. The van der Waals surface area contributed by atoms with Crippen LogP contribution in [0, 0.1) is 5.41 Å². The van der Waals surface area contributed by atoms with Crippen LogP contribution in [0.4, 0.5) is 11.4 Å². The molecule has 7 nitrogen and oxygen atoms in total. The molecule has 1 aromatic rings. The minimum absolute atomic E-state index is 0.0555. The molecule has 7 heteroatoms. The van der Waals surface area contributed by atoms with Gasteiger partial charge in [0.15, 0.2) is 0 Å². The summed E-state index contributed by atoms with van der Waals surface area (Å²) in [6.07, 6.45) is 0.504. The first-order valence-electron chi connectivity index (χ1n) is 8.21. The first-order valence-corrected chi connectivity index (χ1v) is 8.21. The van der Waals surface area contributed by atoms with Gasteiger partial charge in [-0.3, -0.25) is 24.1 Å². The zero-order valence-electron chi connectivity index (χ0n) is 14.7. The van der Waals surface area contributed by atoms with Crippen molar-refractivity contribution in [1.29, 1.82) is 0 Å². The lowest BCUT2D eigenvalue weighted by atomic mass is 9.95. The van der Waals surface area contributed by atoms with Crippen LogP contribution in [0.2, 0.25) is 0 Å². The minimum atomic E-state index is -0.489. The number of carbonyl (C=O) groups excluding carboxylic acids is 4. The van der Waals surface area contributed by atoms with Gasteiger partial charge in [-0.15, -0.1) is 0 Å². The lowest BCUT2D eigenvalue weighted by Crippen LogP contribution is -2.32. The van der Waals surface area contributed by atoms with Crippen LogP contribution < -0.4 is 10.6 Å². The van der Waals surface area contributed by atoms with E-state index in [1.54, 1.807) is 24.3 Å². The zero-order valence-corrected chi connectivity index (χ0v) is 14.7. The van der Waals surface area contributed by atoms with Crippen molar-refractivity contribution in [2.45, 2.75) is 40.0 Å². The average Bonchev–Trinajstić information content (AvgIpc) is 2.85. The van der Waals surface area contributed by atoms with Gasteiger partial charge in [-0.25, -0.2) is 0 Å². The lowest BCUT2D eigenvalue weighted by molar-refractivity contribution is -0.138. The third-order valence-electron chi connectivity index (χ3n) is 3.83. The van der Waals surface area contributed by atoms with Crippen LogP contribution in [-0.4, -0.2) is 35.1 Å². The molecule has 1 aromatic carbocycles. The summed E-state index contributed by atoms with van der Waals surface area (Å²) in [6.45, 7) is 5.58. The highest BCUT2D eigenvalue weighted by Gasteiger charge is 2.28. The molecule has 25 heavy (non-hydrogen) atoms. The number of nitrogens with one attached hydrogen (secondary N) is 2. The van der Waals surface area contributed by atoms with Gasteiger partial charge >= 0.3 is 0 Å². The van der Waals surface area contributed by atoms with Gasteiger partial charge in [0.25, 0.3) is 0 Å². The highest BCUT2D eigenvalue weighted by molar-refractivity contribution is 6.02. The van der Waals surface area contributed by atoms with E-state index in [9.17, 15) is 19.2 Å². The van der Waals surface area contributed by atoms with Gasteiger partial charge < -0.3 is 10.6 Å². The topological polar surface area (TPSA) is 95.6 Å². The Kier molecular flexibility index (Phi) is 5.56. The Labute approximate surface area is 146 Å². The molecule has 0 spiro atoms. The summed E-state index contributed by atoms with van der Waals surface area (Å²) in [7, 11) is 0. The van der Waals surface area contributed by atoms with Crippen LogP contribution >= 0.6 is 0 Å². The highest BCUT2D eigenvalue weighted by atomic mass is 16.2. The quantitative estimate of drug-likeness (QED) is 0.799. The smallest absolute Gasteiger partial charge is 0.229 e. The van der Waals surface area contributed by atoms with Crippen molar-refractivity contribution in [3.63, 3.8) is 0 Å². The summed E-state index contributed by atoms with van der Waals surface area (Å²) in [5.41, 5.74) is 0.737. The molecule has 0 aromatic heterocycles. The zero-order chi connectivity index (χ0) is 18.6. The third-order valence-corrected chi connectivity index (χ3v) is 3.83. The highest BCUT2D eigenvalue weighted by Crippen LogP contribution is 2.19. The van der Waals surface area contributed by atoms with Crippen LogP contribution in [0.15, 0.2) is 24.3 Å². The van der Waals surface area contributed by atoms with Gasteiger partial charge in [0.05, 0.1) is 0 Å². The minimum Gasteiger partial charge on any atom is -0.326 e. The molecule has 1 fully saturated rings. The molecule has 1 heterocycles. The molecule has 0 aliphatic carbocycles. The molecule has 0 atom stereocenters. The van der Waals surface area contributed by atoms with Crippen LogP contribution in [-0.2, 0) is 19.2 Å². The van der Waals surface area contributed by atoms with Crippen LogP contribution in [0.1, 0.15) is 40.0 Å². The van der Waals surface area contributed by atoms with Gasteiger partial charge in [0, 0.05) is 42.6 Å². The largest absolute Gasteiger partial charge is 0.326 e. The number of carbonyl (C=O) groups is 4. The molecule has 0 bridgehead atoms. The van der Waals surface area contributed by atoms with E-state index in [1.165, 1.54) is 0 Å². The number of hydrogen-bond acceptors (Lipinski definition) is 4. The number of anilines is 2. The SMILES string of the molecule is CC(C)(C)C(=O)Nc1ccc(NC(=O)CCN2C(=O)CCC2=O)cc1. The molecule has 1 aliphatic heterocycles. The fourth-order valence-electron chi connectivity index (χ4n) is 2.26. The number of hydrogen-bond donors (Lipinski definition) is 2. The summed E-state index contributed by atoms with van der Waals surface area (Å²) in [5.74, 6) is -0.823. The second kappa shape index (κ2) is 7.46. The maximum atomic E-state index is 11.9. The van der Waals surface area contributed by atoms with Crippen LogP contribution in [0.5, 0.6) is 0 Å². The van der Waals surface area contributed by atoms with Crippen molar-refractivity contribution < 1.29 is 19.2 Å². The number of imide groups is 1. The molecule has 0 radical (unpaired) electrons. The summed E-state index contributed by atoms with van der Waals surface area (Å²) in [4.78, 5) is 48.0. The predicted octanol–water partition coefficient (Wildman–Crippen LogP) is 2.15. The molecular formula is C18H23N3O4. The first kappa shape index (κ1) is 18.6. The Hall–Kier alpha value is -2.70. The molecule has 4 amide bonds. The fraction of sp³-hybridized carbons (Fsp3) is 0.444. The number of benzene rings is 1. The number of amides is 4. The molecule has 134 valence electrons. The normalized spacial score (nSPS) is 14.6. The Balaban J connectivity index is 1.84. The summed E-state index contributed by atoms with van der Waals surface area (Å²) >= 11 is 0. The van der Waals surface area contributed by atoms with Crippen molar-refractivity contribution >= 4 is 35.0 Å². The average molecular weight is 345 g/mol. The molecule has 1 saturated heterocycles. The maximum absolute atomic E-state index is 11.9. The summed E-state index contributed by atoms with van der Waals surface area (Å²) < 4.78 is 0. The number of likely N-dealkylation sites (tertiary alicyclic amines) is 1. The van der Waals surface area contributed by atoms with Gasteiger partial charge in [-0.1, -0.05) is 20.8 Å². The van der Waals surface area contributed by atoms with Crippen LogP contribution in [0.3, 0.4) is 0 Å². The number of nitrogens with zero attached hydrogens (tertiary/aromatic N) is 1. The summed E-state index contributed by atoms with van der Waals surface area (Å²) in [5, 5.41) is 5.51. The van der Waals surface area contributed by atoms with Gasteiger partial charge in [0.1, 0.15) is 0 Å². The molecular weight excluding hydrogens is 322 g/mol. The van der Waals surface area contributed by atoms with Gasteiger partial charge in [-0.2, -0.15) is 0 Å². The van der Waals surface area contributed by atoms with Crippen molar-refractivity contribution in [3.05, 3.63) is 24.3 Å². The van der Waals surface area contributed by atoms with Crippen LogP contribution in [0.25, 0.3) is 0 Å². The maximum Gasteiger partial charge on any atom is 0.229 e. The second-order valence-corrected chi connectivity index (χ2v) is 7.02. The third kappa shape index (κ3) is 5.14.